The Morgan fingerprint density at radius 3 is 1.44 bits per heavy atom. The molecule has 5 N–H and O–H groups in total. The van der Waals surface area contributed by atoms with E-state index in [1.807, 2.05) is 114 Å². The number of alkyl carbamates (subject to hydrolysis) is 2. The van der Waals surface area contributed by atoms with E-state index < -0.39 is 17.3 Å². The molecular formula is C42H53BrN4O8. The van der Waals surface area contributed by atoms with Crippen molar-refractivity contribution >= 4 is 51.4 Å². The maximum atomic E-state index is 11.7. The second-order valence-corrected chi connectivity index (χ2v) is 14.6. The number of methoxy groups -OCH3 is 2. The number of hydrogen-bond acceptors (Lipinski definition) is 10. The minimum atomic E-state index is -0.509. The van der Waals surface area contributed by atoms with Gasteiger partial charge in [-0.05, 0) is 112 Å². The summed E-state index contributed by atoms with van der Waals surface area (Å²) in [6, 6.07) is 29.9. The number of benzene rings is 4. The molecule has 12 nitrogen and oxygen atoms in total. The molecule has 4 rings (SSSR count). The predicted molar refractivity (Wildman–Crippen MR) is 222 cm³/mol. The average molecular weight is 822 g/mol. The fraction of sp³-hybridized carbons (Fsp3) is 0.333. The van der Waals surface area contributed by atoms with Crippen molar-refractivity contribution in [3.05, 3.63) is 108 Å². The number of halogens is 1. The summed E-state index contributed by atoms with van der Waals surface area (Å²) in [4.78, 5) is 45.6. The first kappa shape index (κ1) is 45.6. The zero-order valence-electron chi connectivity index (χ0n) is 32.8. The molecule has 0 atom stereocenters. The van der Waals surface area contributed by atoms with Crippen LogP contribution in [0, 0.1) is 0 Å². The number of anilines is 2. The van der Waals surface area contributed by atoms with Crippen molar-refractivity contribution < 1.29 is 38.1 Å². The summed E-state index contributed by atoms with van der Waals surface area (Å²) in [6.45, 7) is 12.6. The van der Waals surface area contributed by atoms with Crippen LogP contribution in [0.1, 0.15) is 62.3 Å². The number of ether oxygens (including phenoxy) is 4. The van der Waals surface area contributed by atoms with Crippen molar-refractivity contribution in [1.29, 1.82) is 0 Å². The van der Waals surface area contributed by atoms with Gasteiger partial charge in [0.05, 0.1) is 25.3 Å². The first-order valence-corrected chi connectivity index (χ1v) is 18.6. The highest BCUT2D eigenvalue weighted by molar-refractivity contribution is 9.09. The Balaban J connectivity index is 0.000000318. The van der Waals surface area contributed by atoms with Crippen molar-refractivity contribution in [2.45, 2.75) is 52.7 Å². The molecule has 2 amide bonds. The Morgan fingerprint density at radius 2 is 1.00 bits per heavy atom. The molecule has 0 fully saturated rings. The third-order valence-corrected chi connectivity index (χ3v) is 7.26. The summed E-state index contributed by atoms with van der Waals surface area (Å²) in [5.41, 5.74) is 11.3. The molecule has 4 aromatic rings. The molecule has 0 aromatic heterocycles. The first-order valence-electron chi connectivity index (χ1n) is 17.5. The lowest BCUT2D eigenvalue weighted by molar-refractivity contribution is 0.0519. The molecule has 0 unspecified atom stereocenters. The number of hydrogen-bond donors (Lipinski definition) is 4. The molecule has 0 bridgehead atoms. The van der Waals surface area contributed by atoms with Crippen LogP contribution in [0.3, 0.4) is 0 Å². The standard InChI is InChI=1S/C21H26N2O4.C14H13NO2.C7H14BrNO2/c1-21(2,3)27-20(25)23-12-11-22-18-10-6-8-16(14-18)15-7-5-9-17(13-15)19(24)26-4;1-17-14(16)12-6-2-4-10(8-12)11-5-3-7-13(15)9-11;1-7(2,3)11-6(10)9-5-4-8/h5-10,13-14,22H,11-12H2,1-4H3,(H,23,25);2-9H,15H2,1H3;4-5H2,1-3H3,(H,9,10). The van der Waals surface area contributed by atoms with Gasteiger partial charge in [0.2, 0.25) is 0 Å². The van der Waals surface area contributed by atoms with Gasteiger partial charge >= 0.3 is 24.1 Å². The van der Waals surface area contributed by atoms with Crippen molar-refractivity contribution in [3.8, 4) is 22.3 Å². The minimum absolute atomic E-state index is 0.337. The van der Waals surface area contributed by atoms with Crippen LogP contribution in [0.4, 0.5) is 21.0 Å². The van der Waals surface area contributed by atoms with E-state index in [9.17, 15) is 19.2 Å². The Kier molecular flexibility index (Phi) is 18.7. The average Bonchev–Trinajstić information content (AvgIpc) is 3.14. The number of carbonyl (C=O) groups is 4. The maximum absolute atomic E-state index is 11.7. The third-order valence-electron chi connectivity index (χ3n) is 6.87. The number of alkyl halides is 1. The zero-order chi connectivity index (χ0) is 41.0. The monoisotopic (exact) mass is 820 g/mol. The Bertz CT molecular complexity index is 1850. The van der Waals surface area contributed by atoms with Crippen molar-refractivity contribution in [3.63, 3.8) is 0 Å². The molecule has 0 saturated carbocycles. The van der Waals surface area contributed by atoms with Crippen LogP contribution in [0.15, 0.2) is 97.1 Å². The predicted octanol–water partition coefficient (Wildman–Crippen LogP) is 8.71. The molecule has 0 radical (unpaired) electrons. The van der Waals surface area contributed by atoms with E-state index in [2.05, 4.69) is 36.6 Å². The second-order valence-electron chi connectivity index (χ2n) is 13.8. The lowest BCUT2D eigenvalue weighted by atomic mass is 10.0. The van der Waals surface area contributed by atoms with Gasteiger partial charge in [0.15, 0.2) is 0 Å². The molecule has 13 heteroatoms. The quantitative estimate of drug-likeness (QED) is 0.0400. The minimum Gasteiger partial charge on any atom is -0.465 e. The van der Waals surface area contributed by atoms with Crippen molar-refractivity contribution in [2.24, 2.45) is 0 Å². The SMILES string of the molecule is CC(C)(C)OC(=O)NCCBr.COC(=O)c1cccc(-c2cccc(N)c2)c1.COC(=O)c1cccc(-c2cccc(NCCNC(=O)OC(C)(C)C)c2)c1. The summed E-state index contributed by atoms with van der Waals surface area (Å²) in [5.74, 6) is -0.699. The highest BCUT2D eigenvalue weighted by Crippen LogP contribution is 2.24. The number of esters is 2. The molecule has 55 heavy (non-hydrogen) atoms. The van der Waals surface area contributed by atoms with Gasteiger partial charge in [0.1, 0.15) is 11.2 Å². The smallest absolute Gasteiger partial charge is 0.407 e. The Hall–Kier alpha value is -5.56. The summed E-state index contributed by atoms with van der Waals surface area (Å²) in [5, 5.41) is 9.29. The van der Waals surface area contributed by atoms with Crippen molar-refractivity contribution in [1.82, 2.24) is 10.6 Å². The summed E-state index contributed by atoms with van der Waals surface area (Å²) < 4.78 is 19.6. The van der Waals surface area contributed by atoms with E-state index in [1.54, 1.807) is 24.3 Å². The number of rotatable bonds is 10. The largest absolute Gasteiger partial charge is 0.465 e. The van der Waals surface area contributed by atoms with E-state index in [1.165, 1.54) is 14.2 Å². The van der Waals surface area contributed by atoms with E-state index in [4.69, 9.17) is 19.9 Å². The zero-order valence-corrected chi connectivity index (χ0v) is 34.4. The van der Waals surface area contributed by atoms with Gasteiger partial charge in [0.25, 0.3) is 0 Å². The van der Waals surface area contributed by atoms with Crippen LogP contribution in [-0.2, 0) is 18.9 Å². The van der Waals surface area contributed by atoms with Gasteiger partial charge in [-0.15, -0.1) is 0 Å². The molecule has 0 aliphatic rings. The molecule has 0 heterocycles. The van der Waals surface area contributed by atoms with E-state index in [0.717, 1.165) is 33.3 Å². The normalized spacial score (nSPS) is 10.6. The van der Waals surface area contributed by atoms with E-state index in [0.29, 0.717) is 36.4 Å². The topological polar surface area (TPSA) is 167 Å². The second kappa shape index (κ2) is 22.6. The highest BCUT2D eigenvalue weighted by Gasteiger charge is 2.16. The molecule has 0 spiro atoms. The van der Waals surface area contributed by atoms with Crippen molar-refractivity contribution in [2.75, 3.05) is 50.2 Å². The fourth-order valence-electron chi connectivity index (χ4n) is 4.56. The van der Waals surface area contributed by atoms with Crippen LogP contribution in [-0.4, -0.2) is 74.5 Å². The lowest BCUT2D eigenvalue weighted by Crippen LogP contribution is -2.34. The van der Waals surface area contributed by atoms with Crippen LogP contribution in [0.25, 0.3) is 22.3 Å². The maximum Gasteiger partial charge on any atom is 0.407 e. The molecule has 296 valence electrons. The fourth-order valence-corrected chi connectivity index (χ4v) is 4.76. The van der Waals surface area contributed by atoms with Crippen LogP contribution in [0.2, 0.25) is 0 Å². The van der Waals surface area contributed by atoms with Gasteiger partial charge in [-0.1, -0.05) is 64.5 Å². The number of nitrogens with one attached hydrogen (secondary N) is 3. The highest BCUT2D eigenvalue weighted by atomic mass is 79.9. The summed E-state index contributed by atoms with van der Waals surface area (Å²) in [7, 11) is 2.74. The molecule has 0 aliphatic carbocycles. The van der Waals surface area contributed by atoms with Crippen LogP contribution < -0.4 is 21.7 Å². The first-order chi connectivity index (χ1) is 25.9. The number of nitrogens with two attached hydrogens (primary N) is 1. The van der Waals surface area contributed by atoms with Gasteiger partial charge in [-0.3, -0.25) is 0 Å². The van der Waals surface area contributed by atoms with Gasteiger partial charge < -0.3 is 40.6 Å². The summed E-state index contributed by atoms with van der Waals surface area (Å²) >= 11 is 3.19. The molecule has 4 aromatic carbocycles. The molecule has 0 aliphatic heterocycles. The molecule has 0 saturated heterocycles. The number of amides is 2. The van der Waals surface area contributed by atoms with E-state index in [-0.39, 0.29) is 18.0 Å². The Labute approximate surface area is 332 Å². The third kappa shape index (κ3) is 18.4. The molecular weight excluding hydrogens is 768 g/mol. The van der Waals surface area contributed by atoms with Gasteiger partial charge in [0, 0.05) is 36.3 Å². The van der Waals surface area contributed by atoms with E-state index >= 15 is 0 Å². The lowest BCUT2D eigenvalue weighted by Gasteiger charge is -2.19. The van der Waals surface area contributed by atoms with Crippen LogP contribution in [0.5, 0.6) is 0 Å². The van der Waals surface area contributed by atoms with Gasteiger partial charge in [-0.2, -0.15) is 0 Å². The Morgan fingerprint density at radius 1 is 0.582 bits per heavy atom. The number of nitrogen functional groups attached to an aromatic ring is 1. The van der Waals surface area contributed by atoms with Gasteiger partial charge in [-0.25, -0.2) is 19.2 Å². The summed E-state index contributed by atoms with van der Waals surface area (Å²) in [6.07, 6.45) is -0.797. The van der Waals surface area contributed by atoms with Crippen LogP contribution >= 0.6 is 15.9 Å². The number of carbonyl (C=O) groups excluding carboxylic acids is 4.